The molecule has 4 rings (SSSR count). The number of allylic oxidation sites excluding steroid dienone is 1. The number of methoxy groups -OCH3 is 2. The van der Waals surface area contributed by atoms with Crippen LogP contribution in [0.1, 0.15) is 65.7 Å². The van der Waals surface area contributed by atoms with E-state index < -0.39 is 23.3 Å². The summed E-state index contributed by atoms with van der Waals surface area (Å²) in [6.07, 6.45) is 5.45. The minimum absolute atomic E-state index is 0.0564. The average molecular weight is 405 g/mol. The molecule has 2 aliphatic heterocycles. The zero-order valence-corrected chi connectivity index (χ0v) is 18.2. The zero-order valence-electron chi connectivity index (χ0n) is 18.2. The maximum Gasteiger partial charge on any atom is 0.340 e. The first-order valence-corrected chi connectivity index (χ1v) is 10.5. The quantitative estimate of drug-likeness (QED) is 0.522. The van der Waals surface area contributed by atoms with E-state index in [2.05, 4.69) is 27.4 Å². The van der Waals surface area contributed by atoms with Crippen LogP contribution in [0.25, 0.3) is 0 Å². The molecule has 0 aromatic rings. The van der Waals surface area contributed by atoms with Gasteiger partial charge in [-0.1, -0.05) is 26.0 Å². The highest BCUT2D eigenvalue weighted by atomic mass is 16.7. The summed E-state index contributed by atoms with van der Waals surface area (Å²) in [5.41, 5.74) is 1.15. The fourth-order valence-corrected chi connectivity index (χ4v) is 6.42. The number of esters is 2. The van der Waals surface area contributed by atoms with E-state index in [-0.39, 0.29) is 17.3 Å². The highest BCUT2D eigenvalue weighted by molar-refractivity contribution is 5.93. The van der Waals surface area contributed by atoms with Gasteiger partial charge in [-0.3, -0.25) is 4.79 Å². The SMILES string of the molecule is C=C1CCCC2[C@]3(C)CC4=C(O[C@]3(C)CC[C@]12C)[C@](CC(=O)OC)(OC)OC4=O. The lowest BCUT2D eigenvalue weighted by Gasteiger charge is -2.64. The molecule has 5 atom stereocenters. The minimum atomic E-state index is -1.54. The van der Waals surface area contributed by atoms with Gasteiger partial charge in [-0.2, -0.15) is 0 Å². The highest BCUT2D eigenvalue weighted by Gasteiger charge is 2.67. The number of fused-ring (bicyclic) bond motifs is 3. The Morgan fingerprint density at radius 2 is 1.93 bits per heavy atom. The van der Waals surface area contributed by atoms with E-state index in [1.807, 2.05) is 0 Å². The number of carbonyl (C=O) groups excluding carboxylic acids is 2. The van der Waals surface area contributed by atoms with Gasteiger partial charge >= 0.3 is 11.9 Å². The van der Waals surface area contributed by atoms with Crippen LogP contribution in [0.3, 0.4) is 0 Å². The molecule has 2 saturated carbocycles. The van der Waals surface area contributed by atoms with Crippen molar-refractivity contribution in [3.8, 4) is 0 Å². The first kappa shape index (κ1) is 20.5. The Bertz CT molecular complexity index is 814. The van der Waals surface area contributed by atoms with E-state index in [0.717, 1.165) is 32.1 Å². The summed E-state index contributed by atoms with van der Waals surface area (Å²) in [6.45, 7) is 11.1. The lowest BCUT2D eigenvalue weighted by molar-refractivity contribution is -0.240. The predicted molar refractivity (Wildman–Crippen MR) is 106 cm³/mol. The molecule has 0 bridgehead atoms. The van der Waals surface area contributed by atoms with Crippen LogP contribution in [-0.4, -0.2) is 37.5 Å². The van der Waals surface area contributed by atoms with Crippen LogP contribution in [0.2, 0.25) is 0 Å². The maximum atomic E-state index is 12.9. The first-order chi connectivity index (χ1) is 13.6. The Morgan fingerprint density at radius 3 is 2.59 bits per heavy atom. The summed E-state index contributed by atoms with van der Waals surface area (Å²) in [5.74, 6) is -1.80. The van der Waals surface area contributed by atoms with Gasteiger partial charge in [0.15, 0.2) is 5.76 Å². The molecule has 6 nitrogen and oxygen atoms in total. The van der Waals surface area contributed by atoms with Crippen molar-refractivity contribution in [2.75, 3.05) is 14.2 Å². The highest BCUT2D eigenvalue weighted by Crippen LogP contribution is 2.68. The molecule has 29 heavy (non-hydrogen) atoms. The third kappa shape index (κ3) is 2.57. The molecule has 2 aliphatic carbocycles. The molecule has 6 heteroatoms. The van der Waals surface area contributed by atoms with Gasteiger partial charge in [0.05, 0.1) is 12.7 Å². The summed E-state index contributed by atoms with van der Waals surface area (Å²) < 4.78 is 22.6. The topological polar surface area (TPSA) is 71.1 Å². The average Bonchev–Trinajstić information content (AvgIpc) is 2.93. The molecule has 160 valence electrons. The van der Waals surface area contributed by atoms with Crippen molar-refractivity contribution in [2.45, 2.75) is 77.1 Å². The van der Waals surface area contributed by atoms with E-state index in [4.69, 9.17) is 18.9 Å². The second kappa shape index (κ2) is 6.34. The largest absolute Gasteiger partial charge is 0.484 e. The Balaban J connectivity index is 1.79. The molecule has 0 aromatic heterocycles. The Hall–Kier alpha value is -1.82. The van der Waals surface area contributed by atoms with E-state index in [1.165, 1.54) is 19.8 Å². The second-order valence-electron chi connectivity index (χ2n) is 9.80. The summed E-state index contributed by atoms with van der Waals surface area (Å²) in [5, 5.41) is 0. The molecule has 2 heterocycles. The Morgan fingerprint density at radius 1 is 1.21 bits per heavy atom. The standard InChI is InChI=1S/C23H32O6/c1-14-8-7-9-16-20(14,2)10-11-22(4)21(16,3)12-15-18(28-22)23(27-6,29-19(15)25)13-17(24)26-5/h16H,1,7-13H2,2-6H3/t16?,20-,21+,22-,23-/m1/s1. The molecule has 2 fully saturated rings. The number of hydrogen-bond donors (Lipinski definition) is 0. The van der Waals surface area contributed by atoms with E-state index in [9.17, 15) is 9.59 Å². The van der Waals surface area contributed by atoms with Crippen molar-refractivity contribution in [2.24, 2.45) is 16.7 Å². The van der Waals surface area contributed by atoms with Gasteiger partial charge in [0.1, 0.15) is 12.0 Å². The van der Waals surface area contributed by atoms with Crippen LogP contribution in [0.5, 0.6) is 0 Å². The molecule has 1 unspecified atom stereocenters. The van der Waals surface area contributed by atoms with Crippen LogP contribution in [0.4, 0.5) is 0 Å². The second-order valence-corrected chi connectivity index (χ2v) is 9.80. The number of rotatable bonds is 3. The summed E-state index contributed by atoms with van der Waals surface area (Å²) in [4.78, 5) is 24.9. The molecule has 0 spiro atoms. The molecular formula is C23H32O6. The molecule has 0 radical (unpaired) electrons. The lowest BCUT2D eigenvalue weighted by Crippen LogP contribution is -2.62. The van der Waals surface area contributed by atoms with Crippen molar-refractivity contribution in [1.82, 2.24) is 0 Å². The predicted octanol–water partition coefficient (Wildman–Crippen LogP) is 4.04. The van der Waals surface area contributed by atoms with Crippen LogP contribution in [-0.2, 0) is 28.5 Å². The summed E-state index contributed by atoms with van der Waals surface area (Å²) >= 11 is 0. The van der Waals surface area contributed by atoms with Gasteiger partial charge in [-0.25, -0.2) is 4.79 Å². The van der Waals surface area contributed by atoms with Gasteiger partial charge in [0, 0.05) is 12.5 Å². The van der Waals surface area contributed by atoms with Gasteiger partial charge in [0.25, 0.3) is 5.79 Å². The van der Waals surface area contributed by atoms with Gasteiger partial charge in [-0.15, -0.1) is 0 Å². The molecule has 0 aromatic carbocycles. The van der Waals surface area contributed by atoms with Crippen LogP contribution in [0, 0.1) is 16.7 Å². The lowest BCUT2D eigenvalue weighted by atomic mass is 9.44. The molecule has 0 saturated heterocycles. The monoisotopic (exact) mass is 404 g/mol. The van der Waals surface area contributed by atoms with Crippen LogP contribution >= 0.6 is 0 Å². The van der Waals surface area contributed by atoms with Gasteiger partial charge in [-0.05, 0) is 56.8 Å². The number of ether oxygens (including phenoxy) is 4. The normalized spacial score (nSPS) is 43.7. The first-order valence-electron chi connectivity index (χ1n) is 10.5. The van der Waals surface area contributed by atoms with Crippen LogP contribution < -0.4 is 0 Å². The van der Waals surface area contributed by atoms with Crippen molar-refractivity contribution < 1.29 is 28.5 Å². The minimum Gasteiger partial charge on any atom is -0.484 e. The fraction of sp³-hybridized carbons (Fsp3) is 0.739. The van der Waals surface area contributed by atoms with Crippen molar-refractivity contribution in [3.63, 3.8) is 0 Å². The molecule has 0 amide bonds. The smallest absolute Gasteiger partial charge is 0.340 e. The molecule has 4 aliphatic rings. The van der Waals surface area contributed by atoms with Gasteiger partial charge < -0.3 is 18.9 Å². The maximum absolute atomic E-state index is 12.9. The van der Waals surface area contributed by atoms with Crippen molar-refractivity contribution in [3.05, 3.63) is 23.5 Å². The summed E-state index contributed by atoms with van der Waals surface area (Å²) in [7, 11) is 2.73. The van der Waals surface area contributed by atoms with E-state index in [0.29, 0.717) is 23.7 Å². The third-order valence-electron chi connectivity index (χ3n) is 8.58. The molecular weight excluding hydrogens is 372 g/mol. The fourth-order valence-electron chi connectivity index (χ4n) is 6.42. The Kier molecular flexibility index (Phi) is 4.47. The van der Waals surface area contributed by atoms with Crippen molar-refractivity contribution in [1.29, 1.82) is 0 Å². The number of cyclic esters (lactones) is 1. The number of hydrogen-bond acceptors (Lipinski definition) is 6. The summed E-state index contributed by atoms with van der Waals surface area (Å²) in [6, 6.07) is 0. The van der Waals surface area contributed by atoms with E-state index >= 15 is 0 Å². The Labute approximate surface area is 172 Å². The third-order valence-corrected chi connectivity index (χ3v) is 8.58. The van der Waals surface area contributed by atoms with Crippen molar-refractivity contribution >= 4 is 11.9 Å². The van der Waals surface area contributed by atoms with Crippen LogP contribution in [0.15, 0.2) is 23.5 Å². The van der Waals surface area contributed by atoms with Gasteiger partial charge in [0.2, 0.25) is 0 Å². The zero-order chi connectivity index (χ0) is 21.2. The molecule has 0 N–H and O–H groups in total. The number of carbonyl (C=O) groups is 2. The van der Waals surface area contributed by atoms with E-state index in [1.54, 1.807) is 0 Å².